The number of carbonyl (C=O) groups excluding carboxylic acids is 1. The molecule has 3 heterocycles. The minimum absolute atomic E-state index is 0.00729. The summed E-state index contributed by atoms with van der Waals surface area (Å²) in [6.07, 6.45) is 9.49. The van der Waals surface area contributed by atoms with E-state index in [1.807, 2.05) is 18.3 Å². The third-order valence-electron chi connectivity index (χ3n) is 6.33. The molecule has 1 amide bonds. The summed E-state index contributed by atoms with van der Waals surface area (Å²) in [5.41, 5.74) is 9.03. The van der Waals surface area contributed by atoms with Crippen LogP contribution in [0.1, 0.15) is 62.0 Å². The van der Waals surface area contributed by atoms with Crippen molar-refractivity contribution in [2.75, 3.05) is 24.5 Å². The zero-order valence-corrected chi connectivity index (χ0v) is 18.2. The number of nitrogens with two attached hydrogens (primary N) is 1. The van der Waals surface area contributed by atoms with E-state index in [0.29, 0.717) is 5.56 Å². The summed E-state index contributed by atoms with van der Waals surface area (Å²) in [4.78, 5) is 23.8. The van der Waals surface area contributed by atoms with Gasteiger partial charge in [-0.1, -0.05) is 32.1 Å². The first-order chi connectivity index (χ1) is 14.4. The molecule has 2 aromatic heterocycles. The second-order valence-corrected chi connectivity index (χ2v) is 9.44. The molecule has 0 spiro atoms. The van der Waals surface area contributed by atoms with E-state index in [2.05, 4.69) is 35.1 Å². The Morgan fingerprint density at radius 3 is 2.77 bits per heavy atom. The van der Waals surface area contributed by atoms with Crippen molar-refractivity contribution in [3.05, 3.63) is 41.7 Å². The third-order valence-corrected chi connectivity index (χ3v) is 6.33. The van der Waals surface area contributed by atoms with Gasteiger partial charge < -0.3 is 16.0 Å². The fourth-order valence-electron chi connectivity index (χ4n) is 4.74. The Bertz CT molecular complexity index is 904. The molecule has 1 aliphatic heterocycles. The molecule has 1 saturated heterocycles. The van der Waals surface area contributed by atoms with Gasteiger partial charge in [0.2, 0.25) is 5.91 Å². The zero-order valence-electron chi connectivity index (χ0n) is 18.2. The van der Waals surface area contributed by atoms with Crippen molar-refractivity contribution < 1.29 is 4.79 Å². The molecule has 0 aromatic carbocycles. The number of hydrogen-bond donors (Lipinski definition) is 2. The lowest BCUT2D eigenvalue weighted by molar-refractivity contribution is 0.1000. The van der Waals surface area contributed by atoms with Gasteiger partial charge >= 0.3 is 0 Å². The van der Waals surface area contributed by atoms with Crippen molar-refractivity contribution in [1.29, 1.82) is 0 Å². The lowest BCUT2D eigenvalue weighted by atomic mass is 9.86. The molecule has 0 unspecified atom stereocenters. The molecular weight excluding hydrogens is 374 g/mol. The second-order valence-electron chi connectivity index (χ2n) is 9.44. The monoisotopic (exact) mass is 407 g/mol. The number of hydrogen-bond acceptors (Lipinski definition) is 5. The number of nitrogens with zero attached hydrogens (tertiary/aromatic N) is 3. The van der Waals surface area contributed by atoms with Crippen molar-refractivity contribution >= 4 is 11.7 Å². The van der Waals surface area contributed by atoms with Gasteiger partial charge in [-0.3, -0.25) is 9.78 Å². The highest BCUT2D eigenvalue weighted by molar-refractivity contribution is 5.94. The lowest BCUT2D eigenvalue weighted by Gasteiger charge is -2.40. The summed E-state index contributed by atoms with van der Waals surface area (Å²) in [5.74, 6) is 1.11. The van der Waals surface area contributed by atoms with Crippen molar-refractivity contribution in [3.63, 3.8) is 0 Å². The standard InChI is InChI=1S/C24H33N5O/c1-24(2)16-29(11-10-27-24)22-15-19(23(25)30)14-21(28-22)18-8-9-26-20(13-18)12-17-6-4-3-5-7-17/h8-9,13-15,17,27H,3-7,10-12,16H2,1-2H3,(H2,25,30). The Kier molecular flexibility index (Phi) is 6.04. The predicted octanol–water partition coefficient (Wildman–Crippen LogP) is 3.55. The molecule has 30 heavy (non-hydrogen) atoms. The van der Waals surface area contributed by atoms with Crippen LogP contribution in [0.25, 0.3) is 11.3 Å². The normalized spacial score (nSPS) is 19.6. The van der Waals surface area contributed by atoms with E-state index in [1.54, 1.807) is 6.07 Å². The quantitative estimate of drug-likeness (QED) is 0.792. The summed E-state index contributed by atoms with van der Waals surface area (Å²) >= 11 is 0. The highest BCUT2D eigenvalue weighted by Gasteiger charge is 2.27. The lowest BCUT2D eigenvalue weighted by Crippen LogP contribution is -2.57. The highest BCUT2D eigenvalue weighted by Crippen LogP contribution is 2.29. The van der Waals surface area contributed by atoms with E-state index in [4.69, 9.17) is 10.7 Å². The number of carbonyl (C=O) groups is 1. The van der Waals surface area contributed by atoms with Crippen LogP contribution in [0.5, 0.6) is 0 Å². The number of pyridine rings is 2. The van der Waals surface area contributed by atoms with E-state index in [0.717, 1.165) is 54.7 Å². The molecule has 2 fully saturated rings. The fourth-order valence-corrected chi connectivity index (χ4v) is 4.74. The average molecular weight is 408 g/mol. The van der Waals surface area contributed by atoms with Crippen LogP contribution < -0.4 is 16.0 Å². The third kappa shape index (κ3) is 4.98. The first-order valence-electron chi connectivity index (χ1n) is 11.2. The largest absolute Gasteiger partial charge is 0.366 e. The number of primary amides is 1. The highest BCUT2D eigenvalue weighted by atomic mass is 16.1. The van der Waals surface area contributed by atoms with Gasteiger partial charge in [0.05, 0.1) is 5.69 Å². The molecule has 0 radical (unpaired) electrons. The number of aromatic nitrogens is 2. The van der Waals surface area contributed by atoms with Crippen LogP contribution in [0, 0.1) is 5.92 Å². The number of nitrogens with one attached hydrogen (secondary N) is 1. The van der Waals surface area contributed by atoms with Gasteiger partial charge in [0.25, 0.3) is 0 Å². The maximum atomic E-state index is 12.0. The molecule has 2 aromatic rings. The molecule has 4 rings (SSSR count). The Morgan fingerprint density at radius 1 is 1.23 bits per heavy atom. The molecule has 6 nitrogen and oxygen atoms in total. The van der Waals surface area contributed by atoms with Gasteiger partial charge in [0.1, 0.15) is 5.82 Å². The van der Waals surface area contributed by atoms with Gasteiger partial charge in [-0.15, -0.1) is 0 Å². The van der Waals surface area contributed by atoms with Crippen LogP contribution >= 0.6 is 0 Å². The SMILES string of the molecule is CC1(C)CN(c2cc(C(N)=O)cc(-c3ccnc(CC4CCCCC4)c3)n2)CCN1. The van der Waals surface area contributed by atoms with Crippen LogP contribution in [0.3, 0.4) is 0 Å². The maximum Gasteiger partial charge on any atom is 0.248 e. The Labute approximate surface area is 179 Å². The van der Waals surface area contributed by atoms with Crippen molar-refractivity contribution in [3.8, 4) is 11.3 Å². The van der Waals surface area contributed by atoms with Crippen LogP contribution in [0.2, 0.25) is 0 Å². The summed E-state index contributed by atoms with van der Waals surface area (Å²) in [5, 5.41) is 3.52. The number of piperazine rings is 1. The Hall–Kier alpha value is -2.47. The predicted molar refractivity (Wildman–Crippen MR) is 121 cm³/mol. The average Bonchev–Trinajstić information content (AvgIpc) is 2.73. The van der Waals surface area contributed by atoms with Gasteiger partial charge in [-0.2, -0.15) is 0 Å². The van der Waals surface area contributed by atoms with Crippen molar-refractivity contribution in [1.82, 2.24) is 15.3 Å². The molecule has 2 aliphatic rings. The summed E-state index contributed by atoms with van der Waals surface area (Å²) < 4.78 is 0. The van der Waals surface area contributed by atoms with E-state index >= 15 is 0 Å². The molecule has 0 atom stereocenters. The van der Waals surface area contributed by atoms with Gasteiger partial charge in [-0.25, -0.2) is 4.98 Å². The molecular formula is C24H33N5O. The van der Waals surface area contributed by atoms with Crippen LogP contribution in [-0.2, 0) is 6.42 Å². The van der Waals surface area contributed by atoms with E-state index < -0.39 is 5.91 Å². The fraction of sp³-hybridized carbons (Fsp3) is 0.542. The number of amides is 1. The molecule has 6 heteroatoms. The summed E-state index contributed by atoms with van der Waals surface area (Å²) in [7, 11) is 0. The van der Waals surface area contributed by atoms with Gasteiger partial charge in [0.15, 0.2) is 0 Å². The van der Waals surface area contributed by atoms with Gasteiger partial charge in [-0.05, 0) is 50.5 Å². The van der Waals surface area contributed by atoms with E-state index in [9.17, 15) is 4.79 Å². The molecule has 160 valence electrons. The zero-order chi connectivity index (χ0) is 21.1. The van der Waals surface area contributed by atoms with E-state index in [-0.39, 0.29) is 5.54 Å². The second kappa shape index (κ2) is 8.72. The first-order valence-corrected chi connectivity index (χ1v) is 11.2. The number of rotatable bonds is 5. The summed E-state index contributed by atoms with van der Waals surface area (Å²) in [6.45, 7) is 6.91. The Balaban J connectivity index is 1.64. The van der Waals surface area contributed by atoms with Crippen molar-refractivity contribution in [2.24, 2.45) is 11.7 Å². The molecule has 0 bridgehead atoms. The van der Waals surface area contributed by atoms with Crippen molar-refractivity contribution in [2.45, 2.75) is 57.9 Å². The molecule has 3 N–H and O–H groups in total. The molecule has 1 aliphatic carbocycles. The first kappa shape index (κ1) is 20.8. The minimum Gasteiger partial charge on any atom is -0.366 e. The summed E-state index contributed by atoms with van der Waals surface area (Å²) in [6, 6.07) is 7.73. The molecule has 1 saturated carbocycles. The minimum atomic E-state index is -0.425. The maximum absolute atomic E-state index is 12.0. The Morgan fingerprint density at radius 2 is 2.03 bits per heavy atom. The van der Waals surface area contributed by atoms with Gasteiger partial charge in [0, 0.05) is 48.2 Å². The van der Waals surface area contributed by atoms with E-state index in [1.165, 1.54) is 32.1 Å². The smallest absolute Gasteiger partial charge is 0.248 e. The number of anilines is 1. The van der Waals surface area contributed by atoms with Crippen LogP contribution in [0.4, 0.5) is 5.82 Å². The topological polar surface area (TPSA) is 84.1 Å². The van der Waals surface area contributed by atoms with Crippen LogP contribution in [-0.4, -0.2) is 41.0 Å². The van der Waals surface area contributed by atoms with Crippen LogP contribution in [0.15, 0.2) is 30.5 Å².